The van der Waals surface area contributed by atoms with Gasteiger partial charge in [0.05, 0.1) is 42.4 Å². The Balaban J connectivity index is 1.55. The van der Waals surface area contributed by atoms with Crippen LogP contribution in [0.3, 0.4) is 0 Å². The minimum atomic E-state index is -0.425. The number of benzene rings is 2. The van der Waals surface area contributed by atoms with Crippen LogP contribution in [0, 0.1) is 0 Å². The Morgan fingerprint density at radius 2 is 1.87 bits per heavy atom. The van der Waals surface area contributed by atoms with Crippen LogP contribution in [-0.4, -0.2) is 61.3 Å². The van der Waals surface area contributed by atoms with E-state index in [2.05, 4.69) is 34.4 Å². The molecule has 1 fully saturated rings. The number of carbonyl (C=O) groups is 1. The molecule has 204 valence electrons. The number of methoxy groups -OCH3 is 2. The molecule has 0 amide bonds. The summed E-state index contributed by atoms with van der Waals surface area (Å²) in [4.78, 5) is 25.0. The van der Waals surface area contributed by atoms with E-state index in [1.54, 1.807) is 13.3 Å². The Hall–Kier alpha value is -3.69. The molecule has 9 heteroatoms. The molecule has 0 bridgehead atoms. The normalized spacial score (nSPS) is 14.5. The highest BCUT2D eigenvalue weighted by atomic mass is 32.1. The zero-order chi connectivity index (χ0) is 27.5. The fourth-order valence-corrected chi connectivity index (χ4v) is 6.05. The number of ether oxygens (including phenoxy) is 3. The Morgan fingerprint density at radius 1 is 1.10 bits per heavy atom. The first-order chi connectivity index (χ1) is 18.9. The Bertz CT molecular complexity index is 1480. The van der Waals surface area contributed by atoms with Crippen molar-refractivity contribution >= 4 is 39.2 Å². The number of thiophene rings is 1. The van der Waals surface area contributed by atoms with Crippen molar-refractivity contribution in [1.29, 1.82) is 0 Å². The van der Waals surface area contributed by atoms with Crippen molar-refractivity contribution in [3.05, 3.63) is 59.1 Å². The molecule has 3 heterocycles. The summed E-state index contributed by atoms with van der Waals surface area (Å²) in [5.41, 5.74) is 4.17. The molecule has 39 heavy (non-hydrogen) atoms. The van der Waals surface area contributed by atoms with Crippen LogP contribution in [0.25, 0.3) is 21.3 Å². The first kappa shape index (κ1) is 26.9. The highest BCUT2D eigenvalue weighted by Gasteiger charge is 2.25. The molecular weight excluding hydrogens is 512 g/mol. The van der Waals surface area contributed by atoms with E-state index in [9.17, 15) is 4.79 Å². The Kier molecular flexibility index (Phi) is 7.99. The van der Waals surface area contributed by atoms with Crippen molar-refractivity contribution in [2.24, 2.45) is 0 Å². The average Bonchev–Trinajstić information content (AvgIpc) is 3.32. The van der Waals surface area contributed by atoms with Crippen molar-refractivity contribution in [2.75, 3.05) is 39.7 Å². The number of piperidine rings is 1. The summed E-state index contributed by atoms with van der Waals surface area (Å²) >= 11 is 1.30. The fourth-order valence-electron chi connectivity index (χ4n) is 5.00. The molecule has 0 atom stereocenters. The van der Waals surface area contributed by atoms with Gasteiger partial charge in [-0.05, 0) is 76.5 Å². The number of fused-ring (bicyclic) bond motifs is 1. The molecule has 0 spiro atoms. The van der Waals surface area contributed by atoms with Crippen molar-refractivity contribution in [1.82, 2.24) is 14.9 Å². The minimum absolute atomic E-state index is 0.0123. The second kappa shape index (κ2) is 11.6. The number of nitrogens with one attached hydrogen (secondary N) is 1. The maximum atomic E-state index is 12.7. The van der Waals surface area contributed by atoms with E-state index in [0.29, 0.717) is 33.6 Å². The van der Waals surface area contributed by atoms with Crippen LogP contribution in [0.15, 0.2) is 48.7 Å². The standard InChI is InChI=1S/C30H34N4O4S/c1-18(2)38-24-16-20(19-12-14-34(3)15-13-19)10-11-22(24)32-30-31-17-25-27(33-30)26(28(39-25)29(35)37-5)21-8-6-7-9-23(21)36-4/h6-11,16-19H,12-15H2,1-5H3,(H,31,32,33). The van der Waals surface area contributed by atoms with E-state index in [-0.39, 0.29) is 6.10 Å². The molecule has 0 saturated carbocycles. The number of nitrogens with zero attached hydrogens (tertiary/aromatic N) is 3. The summed E-state index contributed by atoms with van der Waals surface area (Å²) < 4.78 is 17.7. The highest BCUT2D eigenvalue weighted by molar-refractivity contribution is 7.21. The topological polar surface area (TPSA) is 85.8 Å². The van der Waals surface area contributed by atoms with E-state index in [4.69, 9.17) is 19.2 Å². The first-order valence-corrected chi connectivity index (χ1v) is 14.0. The third-order valence-corrected chi connectivity index (χ3v) is 8.08. The number of rotatable bonds is 8. The van der Waals surface area contributed by atoms with Crippen LogP contribution < -0.4 is 14.8 Å². The smallest absolute Gasteiger partial charge is 0.348 e. The van der Waals surface area contributed by atoms with Gasteiger partial charge in [0.2, 0.25) is 5.95 Å². The van der Waals surface area contributed by atoms with E-state index >= 15 is 0 Å². The van der Waals surface area contributed by atoms with E-state index in [1.165, 1.54) is 24.0 Å². The van der Waals surface area contributed by atoms with Gasteiger partial charge in [-0.1, -0.05) is 24.3 Å². The number of anilines is 2. The van der Waals surface area contributed by atoms with Gasteiger partial charge < -0.3 is 24.4 Å². The second-order valence-corrected chi connectivity index (χ2v) is 11.1. The van der Waals surface area contributed by atoms with Crippen molar-refractivity contribution < 1.29 is 19.0 Å². The summed E-state index contributed by atoms with van der Waals surface area (Å²) in [6, 6.07) is 13.9. The number of carbonyl (C=O) groups excluding carboxylic acids is 1. The van der Waals surface area contributed by atoms with Gasteiger partial charge in [0.25, 0.3) is 0 Å². The molecule has 0 aliphatic carbocycles. The third kappa shape index (κ3) is 5.69. The maximum absolute atomic E-state index is 12.7. The highest BCUT2D eigenvalue weighted by Crippen LogP contribution is 2.42. The van der Waals surface area contributed by atoms with Crippen LogP contribution in [0.1, 0.15) is 47.8 Å². The first-order valence-electron chi connectivity index (χ1n) is 13.1. The van der Waals surface area contributed by atoms with Crippen molar-refractivity contribution in [2.45, 2.75) is 38.7 Å². The molecule has 1 aliphatic heterocycles. The lowest BCUT2D eigenvalue weighted by Crippen LogP contribution is -2.29. The van der Waals surface area contributed by atoms with E-state index in [0.717, 1.165) is 47.6 Å². The Labute approximate surface area is 232 Å². The summed E-state index contributed by atoms with van der Waals surface area (Å²) in [5, 5.41) is 3.37. The number of aromatic nitrogens is 2. The number of hydrogen-bond donors (Lipinski definition) is 1. The lowest BCUT2D eigenvalue weighted by molar-refractivity contribution is 0.0607. The summed E-state index contributed by atoms with van der Waals surface area (Å²) in [6.07, 6.45) is 4.02. The van der Waals surface area contributed by atoms with Gasteiger partial charge in [0.1, 0.15) is 16.4 Å². The zero-order valence-electron chi connectivity index (χ0n) is 23.0. The third-order valence-electron chi connectivity index (χ3n) is 6.98. The monoisotopic (exact) mass is 546 g/mol. The van der Waals surface area contributed by atoms with Gasteiger partial charge in [-0.3, -0.25) is 0 Å². The quantitative estimate of drug-likeness (QED) is 0.251. The molecule has 2 aromatic heterocycles. The number of likely N-dealkylation sites (tertiary alicyclic amines) is 1. The molecule has 1 N–H and O–H groups in total. The zero-order valence-corrected chi connectivity index (χ0v) is 23.8. The minimum Gasteiger partial charge on any atom is -0.496 e. The largest absolute Gasteiger partial charge is 0.496 e. The molecule has 8 nitrogen and oxygen atoms in total. The van der Waals surface area contributed by atoms with Crippen LogP contribution in [0.5, 0.6) is 11.5 Å². The molecule has 1 saturated heterocycles. The SMILES string of the molecule is COC(=O)c1sc2cnc(Nc3ccc(C4CCN(C)CC4)cc3OC(C)C)nc2c1-c1ccccc1OC. The lowest BCUT2D eigenvalue weighted by atomic mass is 9.89. The van der Waals surface area contributed by atoms with Gasteiger partial charge in [0.15, 0.2) is 0 Å². The van der Waals surface area contributed by atoms with Gasteiger partial charge in [-0.15, -0.1) is 11.3 Å². The summed E-state index contributed by atoms with van der Waals surface area (Å²) in [6.45, 7) is 6.24. The molecule has 0 radical (unpaired) electrons. The van der Waals surface area contributed by atoms with Crippen LogP contribution in [0.2, 0.25) is 0 Å². The number of para-hydroxylation sites is 1. The molecule has 2 aromatic carbocycles. The van der Waals surface area contributed by atoms with Gasteiger partial charge in [-0.25, -0.2) is 14.8 Å². The van der Waals surface area contributed by atoms with E-state index < -0.39 is 5.97 Å². The molecule has 0 unspecified atom stereocenters. The van der Waals surface area contributed by atoms with E-state index in [1.807, 2.05) is 44.2 Å². The molecule has 5 rings (SSSR count). The molecular formula is C30H34N4O4S. The lowest BCUT2D eigenvalue weighted by Gasteiger charge is -2.29. The van der Waals surface area contributed by atoms with Gasteiger partial charge >= 0.3 is 5.97 Å². The summed E-state index contributed by atoms with van der Waals surface area (Å²) in [7, 11) is 5.16. The summed E-state index contributed by atoms with van der Waals surface area (Å²) in [5.74, 6) is 1.92. The predicted molar refractivity (Wildman–Crippen MR) is 156 cm³/mol. The number of esters is 1. The fraction of sp³-hybridized carbons (Fsp3) is 0.367. The average molecular weight is 547 g/mol. The van der Waals surface area contributed by atoms with Crippen molar-refractivity contribution in [3.8, 4) is 22.6 Å². The maximum Gasteiger partial charge on any atom is 0.348 e. The van der Waals surface area contributed by atoms with Crippen LogP contribution in [-0.2, 0) is 4.74 Å². The molecule has 1 aliphatic rings. The number of hydrogen-bond acceptors (Lipinski definition) is 9. The second-order valence-electron chi connectivity index (χ2n) is 10.0. The molecule has 4 aromatic rings. The Morgan fingerprint density at radius 3 is 2.59 bits per heavy atom. The van der Waals surface area contributed by atoms with Gasteiger partial charge in [0, 0.05) is 11.1 Å². The van der Waals surface area contributed by atoms with Crippen LogP contribution in [0.4, 0.5) is 11.6 Å². The van der Waals surface area contributed by atoms with Crippen LogP contribution >= 0.6 is 11.3 Å². The van der Waals surface area contributed by atoms with Gasteiger partial charge in [-0.2, -0.15) is 0 Å². The van der Waals surface area contributed by atoms with Crippen molar-refractivity contribution in [3.63, 3.8) is 0 Å². The predicted octanol–water partition coefficient (Wildman–Crippen LogP) is 6.49.